The molecule has 1 aromatic rings. The maximum atomic E-state index is 11.7. The second kappa shape index (κ2) is 4.38. The van der Waals surface area contributed by atoms with Crippen LogP contribution in [0.25, 0.3) is 0 Å². The molecule has 2 rings (SSSR count). The average molecular weight is 214 g/mol. The van der Waals surface area contributed by atoms with Gasteiger partial charge in [0, 0.05) is 31.1 Å². The lowest BCUT2D eigenvalue weighted by atomic mass is 10.1. The van der Waals surface area contributed by atoms with Crippen LogP contribution in [0.5, 0.6) is 0 Å². The van der Waals surface area contributed by atoms with E-state index in [9.17, 15) is 4.79 Å². The van der Waals surface area contributed by atoms with E-state index in [1.165, 1.54) is 0 Å². The minimum absolute atomic E-state index is 0.0361. The summed E-state index contributed by atoms with van der Waals surface area (Å²) in [6.45, 7) is 1.10. The van der Waals surface area contributed by atoms with E-state index in [2.05, 4.69) is 5.92 Å². The second-order valence-electron chi connectivity index (χ2n) is 3.95. The van der Waals surface area contributed by atoms with Crippen LogP contribution in [0, 0.1) is 18.3 Å². The maximum Gasteiger partial charge on any atom is 0.228 e. The Kier molecular flexibility index (Phi) is 2.93. The van der Waals surface area contributed by atoms with Crippen LogP contribution in [-0.2, 0) is 11.3 Å². The molecule has 0 radical (unpaired) electrons. The first-order valence-corrected chi connectivity index (χ1v) is 5.30. The van der Waals surface area contributed by atoms with Crippen LogP contribution in [0.3, 0.4) is 0 Å². The Labute approximate surface area is 95.2 Å². The Balaban J connectivity index is 2.24. The quantitative estimate of drug-likeness (QED) is 0.750. The van der Waals surface area contributed by atoms with Crippen molar-refractivity contribution >= 4 is 11.6 Å². The number of rotatable bonds is 2. The van der Waals surface area contributed by atoms with Gasteiger partial charge in [0.15, 0.2) is 0 Å². The van der Waals surface area contributed by atoms with Crippen LogP contribution in [0.1, 0.15) is 12.0 Å². The number of benzene rings is 1. The van der Waals surface area contributed by atoms with E-state index in [4.69, 9.17) is 12.2 Å². The molecule has 1 unspecified atom stereocenters. The number of amides is 1. The average Bonchev–Trinajstić information content (AvgIpc) is 2.71. The summed E-state index contributed by atoms with van der Waals surface area (Å²) in [5, 5.41) is 0. The van der Waals surface area contributed by atoms with E-state index in [0.717, 1.165) is 11.3 Å². The van der Waals surface area contributed by atoms with Crippen molar-refractivity contribution in [2.75, 3.05) is 11.4 Å². The molecule has 1 fully saturated rings. The van der Waals surface area contributed by atoms with Crippen molar-refractivity contribution in [3.05, 3.63) is 29.8 Å². The van der Waals surface area contributed by atoms with Crippen LogP contribution in [0.15, 0.2) is 24.3 Å². The second-order valence-corrected chi connectivity index (χ2v) is 3.95. The number of carbonyl (C=O) groups is 1. The molecule has 1 saturated heterocycles. The summed E-state index contributed by atoms with van der Waals surface area (Å²) < 4.78 is 0. The van der Waals surface area contributed by atoms with Gasteiger partial charge in [0.25, 0.3) is 0 Å². The Morgan fingerprint density at radius 2 is 2.38 bits per heavy atom. The lowest BCUT2D eigenvalue weighted by Crippen LogP contribution is -2.24. The monoisotopic (exact) mass is 214 g/mol. The third-order valence-corrected chi connectivity index (χ3v) is 2.82. The summed E-state index contributed by atoms with van der Waals surface area (Å²) in [5.74, 6) is 2.77. The highest BCUT2D eigenvalue weighted by molar-refractivity contribution is 5.96. The Morgan fingerprint density at radius 1 is 1.56 bits per heavy atom. The Hall–Kier alpha value is -1.79. The third kappa shape index (κ3) is 1.93. The number of carbonyl (C=O) groups excluding carboxylic acids is 1. The molecule has 0 saturated carbocycles. The predicted octanol–water partition coefficient (Wildman–Crippen LogP) is 1.13. The highest BCUT2D eigenvalue weighted by atomic mass is 16.2. The van der Waals surface area contributed by atoms with Crippen LogP contribution in [0.4, 0.5) is 5.69 Å². The fourth-order valence-electron chi connectivity index (χ4n) is 1.92. The van der Waals surface area contributed by atoms with E-state index >= 15 is 0 Å². The summed E-state index contributed by atoms with van der Waals surface area (Å²) in [7, 11) is 0. The molecule has 3 heteroatoms. The van der Waals surface area contributed by atoms with Crippen LogP contribution in [0.2, 0.25) is 0 Å². The number of nitrogens with zero attached hydrogens (tertiary/aromatic N) is 1. The normalized spacial score (nSPS) is 19.9. The SMILES string of the molecule is C#CC1CC(=O)N(c2cccc(CN)c2)C1. The molecule has 1 aliphatic rings. The van der Waals surface area contributed by atoms with Gasteiger partial charge in [-0.15, -0.1) is 12.3 Å². The summed E-state index contributed by atoms with van der Waals surface area (Å²) in [6, 6.07) is 7.71. The molecule has 1 atom stereocenters. The number of hydrogen-bond donors (Lipinski definition) is 1. The first-order chi connectivity index (χ1) is 7.74. The fourth-order valence-corrected chi connectivity index (χ4v) is 1.92. The van der Waals surface area contributed by atoms with Gasteiger partial charge in [-0.05, 0) is 17.7 Å². The zero-order valence-electron chi connectivity index (χ0n) is 9.02. The molecule has 3 nitrogen and oxygen atoms in total. The molecular formula is C13H14N2O. The van der Waals surface area contributed by atoms with Crippen LogP contribution in [-0.4, -0.2) is 12.5 Å². The standard InChI is InChI=1S/C13H14N2O/c1-2-10-7-13(16)15(9-10)12-5-3-4-11(6-12)8-14/h1,3-6,10H,7-9,14H2. The first-order valence-electron chi connectivity index (χ1n) is 5.30. The molecule has 2 N–H and O–H groups in total. The van der Waals surface area contributed by atoms with Crippen LogP contribution < -0.4 is 10.6 Å². The van der Waals surface area contributed by atoms with Gasteiger partial charge < -0.3 is 10.6 Å². The summed E-state index contributed by atoms with van der Waals surface area (Å²) in [5.41, 5.74) is 7.49. The molecule has 1 aliphatic heterocycles. The van der Waals surface area contributed by atoms with Gasteiger partial charge in [-0.3, -0.25) is 4.79 Å². The fraction of sp³-hybridized carbons (Fsp3) is 0.308. The van der Waals surface area contributed by atoms with Crippen molar-refractivity contribution in [1.29, 1.82) is 0 Å². The van der Waals surface area contributed by atoms with E-state index < -0.39 is 0 Å². The van der Waals surface area contributed by atoms with Crippen molar-refractivity contribution in [1.82, 2.24) is 0 Å². The van der Waals surface area contributed by atoms with E-state index in [-0.39, 0.29) is 11.8 Å². The molecule has 0 bridgehead atoms. The van der Waals surface area contributed by atoms with E-state index in [1.807, 2.05) is 24.3 Å². The third-order valence-electron chi connectivity index (χ3n) is 2.82. The largest absolute Gasteiger partial charge is 0.326 e. The van der Waals surface area contributed by atoms with Gasteiger partial charge in [0.2, 0.25) is 5.91 Å². The highest BCUT2D eigenvalue weighted by Gasteiger charge is 2.29. The van der Waals surface area contributed by atoms with E-state index in [1.54, 1.807) is 4.90 Å². The van der Waals surface area contributed by atoms with Crippen molar-refractivity contribution < 1.29 is 4.79 Å². The van der Waals surface area contributed by atoms with Crippen molar-refractivity contribution in [2.24, 2.45) is 11.7 Å². The topological polar surface area (TPSA) is 46.3 Å². The molecule has 82 valence electrons. The number of nitrogens with two attached hydrogens (primary N) is 1. The first kappa shape index (κ1) is 10.7. The van der Waals surface area contributed by atoms with Crippen LogP contribution >= 0.6 is 0 Å². The summed E-state index contributed by atoms with van der Waals surface area (Å²) in [6.07, 6.45) is 5.79. The Bertz CT molecular complexity index is 447. The molecule has 16 heavy (non-hydrogen) atoms. The van der Waals surface area contributed by atoms with Gasteiger partial charge in [0.1, 0.15) is 0 Å². The summed E-state index contributed by atoms with van der Waals surface area (Å²) >= 11 is 0. The van der Waals surface area contributed by atoms with Crippen molar-refractivity contribution in [3.8, 4) is 12.3 Å². The molecule has 1 amide bonds. The van der Waals surface area contributed by atoms with Crippen molar-refractivity contribution in [3.63, 3.8) is 0 Å². The minimum Gasteiger partial charge on any atom is -0.326 e. The van der Waals surface area contributed by atoms with Gasteiger partial charge in [-0.1, -0.05) is 12.1 Å². The zero-order valence-corrected chi connectivity index (χ0v) is 9.02. The van der Waals surface area contributed by atoms with Gasteiger partial charge in [-0.2, -0.15) is 0 Å². The van der Waals surface area contributed by atoms with Gasteiger partial charge in [-0.25, -0.2) is 0 Å². The molecule has 0 spiro atoms. The molecular weight excluding hydrogens is 200 g/mol. The molecule has 1 heterocycles. The zero-order chi connectivity index (χ0) is 11.5. The van der Waals surface area contributed by atoms with Gasteiger partial charge in [0.05, 0.1) is 0 Å². The Morgan fingerprint density at radius 3 is 3.00 bits per heavy atom. The lowest BCUT2D eigenvalue weighted by molar-refractivity contribution is -0.117. The predicted molar refractivity (Wildman–Crippen MR) is 63.6 cm³/mol. The van der Waals surface area contributed by atoms with Crippen molar-refractivity contribution in [2.45, 2.75) is 13.0 Å². The minimum atomic E-state index is 0.0361. The lowest BCUT2D eigenvalue weighted by Gasteiger charge is -2.16. The number of anilines is 1. The summed E-state index contributed by atoms with van der Waals surface area (Å²) in [4.78, 5) is 13.5. The van der Waals surface area contributed by atoms with Gasteiger partial charge >= 0.3 is 0 Å². The number of hydrogen-bond acceptors (Lipinski definition) is 2. The molecule has 0 aliphatic carbocycles. The smallest absolute Gasteiger partial charge is 0.228 e. The van der Waals surface area contributed by atoms with E-state index in [0.29, 0.717) is 19.5 Å². The molecule has 0 aromatic heterocycles. The highest BCUT2D eigenvalue weighted by Crippen LogP contribution is 2.25. The molecule has 1 aromatic carbocycles. The maximum absolute atomic E-state index is 11.7. The number of terminal acetylenes is 1.